The zero-order valence-electron chi connectivity index (χ0n) is 40.4. The van der Waals surface area contributed by atoms with Crippen LogP contribution < -0.4 is 0 Å². The molecule has 0 unspecified atom stereocenters. The maximum atomic E-state index is 12.7. The van der Waals surface area contributed by atoms with Crippen molar-refractivity contribution in [3.63, 3.8) is 0 Å². The topological polar surface area (TPSA) is 78.9 Å². The Balaban J connectivity index is 4.24. The predicted octanol–water partition coefficient (Wildman–Crippen LogP) is 16.9. The highest BCUT2D eigenvalue weighted by Crippen LogP contribution is 2.17. The smallest absolute Gasteiger partial charge is 0.306 e. The summed E-state index contributed by atoms with van der Waals surface area (Å²) in [5, 5.41) is 0. The highest BCUT2D eigenvalue weighted by molar-refractivity contribution is 5.71. The van der Waals surface area contributed by atoms with Gasteiger partial charge in [0, 0.05) is 19.3 Å². The molecule has 0 rings (SSSR count). The van der Waals surface area contributed by atoms with E-state index in [1.165, 1.54) is 180 Å². The minimum absolute atomic E-state index is 0.0636. The maximum absolute atomic E-state index is 12.7. The van der Waals surface area contributed by atoms with Crippen LogP contribution in [0.4, 0.5) is 0 Å². The lowest BCUT2D eigenvalue weighted by Crippen LogP contribution is -2.30. The number of rotatable bonds is 47. The molecule has 0 heterocycles. The van der Waals surface area contributed by atoms with Gasteiger partial charge in [0.25, 0.3) is 0 Å². The van der Waals surface area contributed by atoms with E-state index in [9.17, 15) is 14.4 Å². The van der Waals surface area contributed by atoms with Crippen molar-refractivity contribution in [2.75, 3.05) is 13.2 Å². The van der Waals surface area contributed by atoms with Crippen LogP contribution in [0.25, 0.3) is 0 Å². The van der Waals surface area contributed by atoms with Crippen LogP contribution in [0, 0.1) is 11.8 Å². The Morgan fingerprint density at radius 1 is 0.322 bits per heavy atom. The number of unbranched alkanes of at least 4 members (excludes halogenated alkanes) is 32. The van der Waals surface area contributed by atoms with E-state index in [0.717, 1.165) is 69.6 Å². The summed E-state index contributed by atoms with van der Waals surface area (Å²) in [6.07, 6.45) is 46.6. The van der Waals surface area contributed by atoms with Gasteiger partial charge in [-0.25, -0.2) is 0 Å². The Labute approximate surface area is 368 Å². The van der Waals surface area contributed by atoms with E-state index >= 15 is 0 Å². The van der Waals surface area contributed by atoms with Crippen molar-refractivity contribution < 1.29 is 28.6 Å². The average molecular weight is 835 g/mol. The number of esters is 3. The maximum Gasteiger partial charge on any atom is 0.306 e. The summed E-state index contributed by atoms with van der Waals surface area (Å²) >= 11 is 0. The fourth-order valence-electron chi connectivity index (χ4n) is 7.99. The number of ether oxygens (including phenoxy) is 3. The van der Waals surface area contributed by atoms with Crippen molar-refractivity contribution in [1.29, 1.82) is 0 Å². The van der Waals surface area contributed by atoms with Crippen molar-refractivity contribution in [1.82, 2.24) is 0 Å². The van der Waals surface area contributed by atoms with Crippen molar-refractivity contribution in [3.05, 3.63) is 0 Å². The summed E-state index contributed by atoms with van der Waals surface area (Å²) in [7, 11) is 0. The van der Waals surface area contributed by atoms with Crippen LogP contribution in [0.2, 0.25) is 0 Å². The highest BCUT2D eigenvalue weighted by atomic mass is 16.6. The first kappa shape index (κ1) is 57.4. The van der Waals surface area contributed by atoms with Gasteiger partial charge in [-0.05, 0) is 31.1 Å². The molecule has 0 aromatic carbocycles. The van der Waals surface area contributed by atoms with Crippen LogP contribution in [-0.4, -0.2) is 37.2 Å². The standard InChI is InChI=1S/C53H102O6/c1-6-7-8-9-10-11-23-30-35-40-45-53(56)59-50(47-58-52(55)44-39-34-29-25-20-19-22-27-32-37-42-49(4)5)46-57-51(54)43-38-33-28-24-18-16-14-12-13-15-17-21-26-31-36-41-48(2)3/h48-50H,6-47H2,1-5H3/t50-/m1/s1. The molecular formula is C53H102O6. The predicted molar refractivity (Wildman–Crippen MR) is 252 cm³/mol. The van der Waals surface area contributed by atoms with Crippen molar-refractivity contribution in [2.24, 2.45) is 11.8 Å². The largest absolute Gasteiger partial charge is 0.462 e. The fourth-order valence-corrected chi connectivity index (χ4v) is 7.99. The Bertz CT molecular complexity index is 900. The molecule has 0 amide bonds. The van der Waals surface area contributed by atoms with Crippen LogP contribution in [0.15, 0.2) is 0 Å². The van der Waals surface area contributed by atoms with Crippen molar-refractivity contribution in [2.45, 2.75) is 298 Å². The molecule has 0 spiro atoms. The molecule has 0 aromatic heterocycles. The summed E-state index contributed by atoms with van der Waals surface area (Å²) in [6.45, 7) is 11.4. The first-order valence-electron chi connectivity index (χ1n) is 26.2. The second-order valence-electron chi connectivity index (χ2n) is 19.1. The van der Waals surface area contributed by atoms with Crippen molar-refractivity contribution in [3.8, 4) is 0 Å². The second-order valence-corrected chi connectivity index (χ2v) is 19.1. The minimum atomic E-state index is -0.761. The third-order valence-electron chi connectivity index (χ3n) is 12.0. The Morgan fingerprint density at radius 3 is 0.831 bits per heavy atom. The van der Waals surface area contributed by atoms with Gasteiger partial charge in [-0.1, -0.05) is 253 Å². The van der Waals surface area contributed by atoms with E-state index in [1.54, 1.807) is 0 Å². The van der Waals surface area contributed by atoms with E-state index in [0.29, 0.717) is 19.3 Å². The third-order valence-corrected chi connectivity index (χ3v) is 12.0. The lowest BCUT2D eigenvalue weighted by Gasteiger charge is -2.18. The van der Waals surface area contributed by atoms with Gasteiger partial charge < -0.3 is 14.2 Å². The average Bonchev–Trinajstić information content (AvgIpc) is 3.20. The summed E-state index contributed by atoms with van der Waals surface area (Å²) in [5.41, 5.74) is 0. The fraction of sp³-hybridized carbons (Fsp3) is 0.943. The molecule has 6 nitrogen and oxygen atoms in total. The molecule has 0 saturated carbocycles. The van der Waals surface area contributed by atoms with Crippen LogP contribution in [0.5, 0.6) is 0 Å². The molecule has 350 valence electrons. The normalized spacial score (nSPS) is 12.1. The molecule has 0 bridgehead atoms. The summed E-state index contributed by atoms with van der Waals surface area (Å²) in [5.74, 6) is 0.819. The zero-order valence-corrected chi connectivity index (χ0v) is 40.4. The molecule has 0 fully saturated rings. The van der Waals surface area contributed by atoms with Gasteiger partial charge in [0.15, 0.2) is 6.10 Å². The Hall–Kier alpha value is -1.59. The molecular weight excluding hydrogens is 733 g/mol. The Kier molecular flexibility index (Phi) is 44.7. The molecule has 0 aliphatic carbocycles. The van der Waals surface area contributed by atoms with E-state index in [4.69, 9.17) is 14.2 Å². The third kappa shape index (κ3) is 47.3. The summed E-state index contributed by atoms with van der Waals surface area (Å²) in [4.78, 5) is 37.9. The molecule has 0 aliphatic rings. The monoisotopic (exact) mass is 835 g/mol. The SMILES string of the molecule is CCCCCCCCCCCCC(=O)O[C@H](COC(=O)CCCCCCCCCCCCCCCCCC(C)C)COC(=O)CCCCCCCCCCCCC(C)C. The zero-order chi connectivity index (χ0) is 43.3. The molecule has 59 heavy (non-hydrogen) atoms. The quantitative estimate of drug-likeness (QED) is 0.0345. The molecule has 0 N–H and O–H groups in total. The van der Waals surface area contributed by atoms with Gasteiger partial charge >= 0.3 is 17.9 Å². The minimum Gasteiger partial charge on any atom is -0.462 e. The Morgan fingerprint density at radius 2 is 0.559 bits per heavy atom. The first-order valence-corrected chi connectivity index (χ1v) is 26.2. The van der Waals surface area contributed by atoms with Crippen LogP contribution in [0.3, 0.4) is 0 Å². The molecule has 0 aromatic rings. The number of hydrogen-bond donors (Lipinski definition) is 0. The van der Waals surface area contributed by atoms with E-state index in [1.807, 2.05) is 0 Å². The molecule has 1 atom stereocenters. The van der Waals surface area contributed by atoms with Crippen LogP contribution >= 0.6 is 0 Å². The van der Waals surface area contributed by atoms with Gasteiger partial charge in [-0.3, -0.25) is 14.4 Å². The van der Waals surface area contributed by atoms with Gasteiger partial charge in [0.05, 0.1) is 0 Å². The van der Waals surface area contributed by atoms with Gasteiger partial charge in [0.1, 0.15) is 13.2 Å². The van der Waals surface area contributed by atoms with Gasteiger partial charge in [-0.15, -0.1) is 0 Å². The second kappa shape index (κ2) is 45.9. The summed E-state index contributed by atoms with van der Waals surface area (Å²) < 4.78 is 16.8. The first-order chi connectivity index (χ1) is 28.7. The van der Waals surface area contributed by atoms with Gasteiger partial charge in [-0.2, -0.15) is 0 Å². The lowest BCUT2D eigenvalue weighted by molar-refractivity contribution is -0.167. The molecule has 6 heteroatoms. The molecule has 0 saturated heterocycles. The van der Waals surface area contributed by atoms with Crippen molar-refractivity contribution >= 4 is 17.9 Å². The van der Waals surface area contributed by atoms with E-state index < -0.39 is 6.10 Å². The van der Waals surface area contributed by atoms with Crippen LogP contribution in [-0.2, 0) is 28.6 Å². The summed E-state index contributed by atoms with van der Waals surface area (Å²) in [6, 6.07) is 0. The number of carbonyl (C=O) groups is 3. The van der Waals surface area contributed by atoms with Gasteiger partial charge in [0.2, 0.25) is 0 Å². The number of hydrogen-bond acceptors (Lipinski definition) is 6. The van der Waals surface area contributed by atoms with E-state index in [-0.39, 0.29) is 31.1 Å². The molecule has 0 radical (unpaired) electrons. The van der Waals surface area contributed by atoms with E-state index in [2.05, 4.69) is 34.6 Å². The number of carbonyl (C=O) groups excluding carboxylic acids is 3. The molecule has 0 aliphatic heterocycles. The van der Waals surface area contributed by atoms with Crippen LogP contribution in [0.1, 0.15) is 291 Å². The lowest BCUT2D eigenvalue weighted by atomic mass is 10.0. The highest BCUT2D eigenvalue weighted by Gasteiger charge is 2.19.